The van der Waals surface area contributed by atoms with E-state index in [1.807, 2.05) is 6.92 Å². The Morgan fingerprint density at radius 1 is 1.19 bits per heavy atom. The number of rotatable bonds is 8. The third kappa shape index (κ3) is 5.92. The summed E-state index contributed by atoms with van der Waals surface area (Å²) in [7, 11) is -3.13. The molecule has 1 aliphatic rings. The maximum absolute atomic E-state index is 12.1. The standard InChI is InChI=1S/C14H29N3O3S/c1-3-12-21(19,20)17-10-8-16(9-11-17)14(18)5-4-13(2)6-7-15/h13H,3-12,15H2,1-2H3. The van der Waals surface area contributed by atoms with Crippen molar-refractivity contribution in [1.82, 2.24) is 9.21 Å². The molecule has 1 atom stereocenters. The monoisotopic (exact) mass is 319 g/mol. The van der Waals surface area contributed by atoms with Crippen LogP contribution in [-0.4, -0.2) is 62.0 Å². The highest BCUT2D eigenvalue weighted by molar-refractivity contribution is 7.89. The minimum Gasteiger partial charge on any atom is -0.340 e. The van der Waals surface area contributed by atoms with Gasteiger partial charge in [-0.25, -0.2) is 8.42 Å². The normalized spacial score (nSPS) is 18.7. The number of piperazine rings is 1. The van der Waals surface area contributed by atoms with Gasteiger partial charge in [0.1, 0.15) is 0 Å². The number of nitrogens with two attached hydrogens (primary N) is 1. The maximum Gasteiger partial charge on any atom is 0.222 e. The summed E-state index contributed by atoms with van der Waals surface area (Å²) in [4.78, 5) is 13.9. The van der Waals surface area contributed by atoms with Crippen LogP contribution in [0.2, 0.25) is 0 Å². The first kappa shape index (κ1) is 18.4. The number of nitrogens with zero attached hydrogens (tertiary/aromatic N) is 2. The molecule has 21 heavy (non-hydrogen) atoms. The van der Waals surface area contributed by atoms with Gasteiger partial charge >= 0.3 is 0 Å². The first-order chi connectivity index (χ1) is 9.90. The second kappa shape index (κ2) is 8.70. The summed E-state index contributed by atoms with van der Waals surface area (Å²) in [6.45, 7) is 6.48. The molecule has 1 heterocycles. The molecule has 1 rings (SSSR count). The Morgan fingerprint density at radius 2 is 1.81 bits per heavy atom. The summed E-state index contributed by atoms with van der Waals surface area (Å²) in [5.74, 6) is 0.786. The van der Waals surface area contributed by atoms with Gasteiger partial charge in [0.25, 0.3) is 0 Å². The van der Waals surface area contributed by atoms with E-state index in [1.54, 1.807) is 4.90 Å². The van der Waals surface area contributed by atoms with Crippen molar-refractivity contribution in [3.05, 3.63) is 0 Å². The molecule has 0 spiro atoms. The van der Waals surface area contributed by atoms with Crippen molar-refractivity contribution in [2.45, 2.75) is 39.5 Å². The van der Waals surface area contributed by atoms with Crippen LogP contribution in [0.15, 0.2) is 0 Å². The second-order valence-corrected chi connectivity index (χ2v) is 7.91. The van der Waals surface area contributed by atoms with Crippen molar-refractivity contribution in [3.8, 4) is 0 Å². The number of amides is 1. The predicted molar refractivity (Wildman–Crippen MR) is 84.3 cm³/mol. The molecule has 7 heteroatoms. The van der Waals surface area contributed by atoms with E-state index in [-0.39, 0.29) is 11.7 Å². The quantitative estimate of drug-likeness (QED) is 0.711. The lowest BCUT2D eigenvalue weighted by molar-refractivity contribution is -0.132. The third-order valence-corrected chi connectivity index (χ3v) is 6.03. The average Bonchev–Trinajstić information content (AvgIpc) is 2.45. The van der Waals surface area contributed by atoms with Gasteiger partial charge in [-0.15, -0.1) is 0 Å². The lowest BCUT2D eigenvalue weighted by atomic mass is 10.0. The number of carbonyl (C=O) groups is 1. The molecule has 124 valence electrons. The van der Waals surface area contributed by atoms with Crippen molar-refractivity contribution in [2.24, 2.45) is 11.7 Å². The summed E-state index contributed by atoms with van der Waals surface area (Å²) in [5.41, 5.74) is 5.50. The molecule has 0 aromatic heterocycles. The average molecular weight is 319 g/mol. The zero-order valence-electron chi connectivity index (χ0n) is 13.3. The summed E-state index contributed by atoms with van der Waals surface area (Å²) < 4.78 is 25.4. The number of hydrogen-bond donors (Lipinski definition) is 1. The molecule has 0 radical (unpaired) electrons. The Bertz CT molecular complexity index is 417. The Labute approximate surface area is 128 Å². The molecular weight excluding hydrogens is 290 g/mol. The van der Waals surface area contributed by atoms with Gasteiger partial charge in [-0.2, -0.15) is 4.31 Å². The van der Waals surface area contributed by atoms with Gasteiger partial charge in [-0.3, -0.25) is 4.79 Å². The molecule has 1 aliphatic heterocycles. The molecular formula is C14H29N3O3S. The highest BCUT2D eigenvalue weighted by Gasteiger charge is 2.27. The van der Waals surface area contributed by atoms with Gasteiger partial charge in [0.05, 0.1) is 5.75 Å². The summed E-state index contributed by atoms with van der Waals surface area (Å²) in [5, 5.41) is 0. The van der Waals surface area contributed by atoms with Gasteiger partial charge in [0.15, 0.2) is 0 Å². The lowest BCUT2D eigenvalue weighted by Gasteiger charge is -2.34. The number of sulfonamides is 1. The van der Waals surface area contributed by atoms with E-state index in [2.05, 4.69) is 6.92 Å². The van der Waals surface area contributed by atoms with Crippen molar-refractivity contribution in [1.29, 1.82) is 0 Å². The Kier molecular flexibility index (Phi) is 7.62. The zero-order chi connectivity index (χ0) is 15.9. The SMILES string of the molecule is CCCS(=O)(=O)N1CCN(C(=O)CCC(C)CCN)CC1. The van der Waals surface area contributed by atoms with Gasteiger partial charge in [0, 0.05) is 32.6 Å². The molecule has 0 saturated carbocycles. The van der Waals surface area contributed by atoms with E-state index >= 15 is 0 Å². The van der Waals surface area contributed by atoms with E-state index in [1.165, 1.54) is 4.31 Å². The molecule has 0 aromatic carbocycles. The van der Waals surface area contributed by atoms with Crippen LogP contribution in [0.3, 0.4) is 0 Å². The van der Waals surface area contributed by atoms with Crippen molar-refractivity contribution in [2.75, 3.05) is 38.5 Å². The maximum atomic E-state index is 12.1. The van der Waals surface area contributed by atoms with E-state index in [9.17, 15) is 13.2 Å². The van der Waals surface area contributed by atoms with E-state index in [0.29, 0.717) is 51.5 Å². The van der Waals surface area contributed by atoms with Crippen LogP contribution in [0.1, 0.15) is 39.5 Å². The fraction of sp³-hybridized carbons (Fsp3) is 0.929. The highest BCUT2D eigenvalue weighted by Crippen LogP contribution is 2.13. The van der Waals surface area contributed by atoms with Gasteiger partial charge in [-0.1, -0.05) is 13.8 Å². The van der Waals surface area contributed by atoms with Gasteiger partial charge in [0.2, 0.25) is 15.9 Å². The van der Waals surface area contributed by atoms with Crippen molar-refractivity contribution in [3.63, 3.8) is 0 Å². The van der Waals surface area contributed by atoms with Crippen LogP contribution in [0.25, 0.3) is 0 Å². The predicted octanol–water partition coefficient (Wildman–Crippen LogP) is 0.636. The first-order valence-corrected chi connectivity index (χ1v) is 9.47. The second-order valence-electron chi connectivity index (χ2n) is 5.82. The van der Waals surface area contributed by atoms with Gasteiger partial charge < -0.3 is 10.6 Å². The molecule has 0 aromatic rings. The largest absolute Gasteiger partial charge is 0.340 e. The summed E-state index contributed by atoms with van der Waals surface area (Å²) in [6.07, 6.45) is 2.95. The molecule has 0 bridgehead atoms. The zero-order valence-corrected chi connectivity index (χ0v) is 14.1. The Hall–Kier alpha value is -0.660. The van der Waals surface area contributed by atoms with Crippen LogP contribution in [0.4, 0.5) is 0 Å². The Balaban J connectivity index is 2.37. The minimum absolute atomic E-state index is 0.131. The Morgan fingerprint density at radius 3 is 2.33 bits per heavy atom. The molecule has 1 fully saturated rings. The van der Waals surface area contributed by atoms with Crippen LogP contribution < -0.4 is 5.73 Å². The number of carbonyl (C=O) groups excluding carboxylic acids is 1. The molecule has 6 nitrogen and oxygen atoms in total. The van der Waals surface area contributed by atoms with Crippen LogP contribution in [0, 0.1) is 5.92 Å². The van der Waals surface area contributed by atoms with Crippen molar-refractivity contribution < 1.29 is 13.2 Å². The van der Waals surface area contributed by atoms with Gasteiger partial charge in [-0.05, 0) is 31.7 Å². The summed E-state index contributed by atoms with van der Waals surface area (Å²) >= 11 is 0. The molecule has 1 saturated heterocycles. The minimum atomic E-state index is -3.13. The molecule has 0 aliphatic carbocycles. The van der Waals surface area contributed by atoms with E-state index in [0.717, 1.165) is 12.8 Å². The smallest absolute Gasteiger partial charge is 0.222 e. The highest BCUT2D eigenvalue weighted by atomic mass is 32.2. The number of hydrogen-bond acceptors (Lipinski definition) is 4. The third-order valence-electron chi connectivity index (χ3n) is 3.96. The summed E-state index contributed by atoms with van der Waals surface area (Å²) in [6, 6.07) is 0. The molecule has 1 unspecified atom stereocenters. The van der Waals surface area contributed by atoms with Crippen LogP contribution >= 0.6 is 0 Å². The fourth-order valence-electron chi connectivity index (χ4n) is 2.56. The van der Waals surface area contributed by atoms with Crippen molar-refractivity contribution >= 4 is 15.9 Å². The lowest BCUT2D eigenvalue weighted by Crippen LogP contribution is -2.51. The van der Waals surface area contributed by atoms with E-state index < -0.39 is 10.0 Å². The van der Waals surface area contributed by atoms with E-state index in [4.69, 9.17) is 5.73 Å². The molecule has 2 N–H and O–H groups in total. The first-order valence-electron chi connectivity index (χ1n) is 7.86. The molecule has 1 amide bonds. The fourth-order valence-corrected chi connectivity index (χ4v) is 4.05. The topological polar surface area (TPSA) is 83.7 Å². The van der Waals surface area contributed by atoms with Crippen LogP contribution in [0.5, 0.6) is 0 Å². The van der Waals surface area contributed by atoms with Crippen LogP contribution in [-0.2, 0) is 14.8 Å².